The minimum absolute atomic E-state index is 0.0439. The second kappa shape index (κ2) is 5.17. The molecule has 0 aromatic heterocycles. The lowest BCUT2D eigenvalue weighted by atomic mass is 9.92. The second-order valence-electron chi connectivity index (χ2n) is 4.16. The molecular formula is C12H17BrN2O. The van der Waals surface area contributed by atoms with Crippen LogP contribution in [0.1, 0.15) is 18.0 Å². The molecule has 0 aliphatic carbocycles. The van der Waals surface area contributed by atoms with Crippen molar-refractivity contribution in [2.24, 2.45) is 11.7 Å². The van der Waals surface area contributed by atoms with Crippen molar-refractivity contribution in [3.8, 4) is 5.75 Å². The lowest BCUT2D eigenvalue weighted by Gasteiger charge is -2.21. The molecular weight excluding hydrogens is 268 g/mol. The zero-order valence-electron chi connectivity index (χ0n) is 9.37. The van der Waals surface area contributed by atoms with Crippen LogP contribution in [0.25, 0.3) is 0 Å². The quantitative estimate of drug-likeness (QED) is 0.893. The molecule has 1 aromatic carbocycles. The fourth-order valence-corrected chi connectivity index (χ4v) is 2.58. The van der Waals surface area contributed by atoms with Crippen LogP contribution in [0.4, 0.5) is 0 Å². The molecule has 2 rings (SSSR count). The van der Waals surface area contributed by atoms with E-state index in [9.17, 15) is 0 Å². The average Bonchev–Trinajstić information content (AvgIpc) is 2.81. The van der Waals surface area contributed by atoms with Crippen molar-refractivity contribution in [1.29, 1.82) is 0 Å². The maximum absolute atomic E-state index is 6.30. The summed E-state index contributed by atoms with van der Waals surface area (Å²) in [6.07, 6.45) is 1.14. The third-order valence-electron chi connectivity index (χ3n) is 3.16. The van der Waals surface area contributed by atoms with E-state index in [2.05, 4.69) is 27.3 Å². The normalized spacial score (nSPS) is 22.1. The first-order chi connectivity index (χ1) is 7.72. The van der Waals surface area contributed by atoms with Crippen LogP contribution >= 0.6 is 15.9 Å². The highest BCUT2D eigenvalue weighted by Gasteiger charge is 2.25. The van der Waals surface area contributed by atoms with Gasteiger partial charge in [0.25, 0.3) is 0 Å². The Bertz CT molecular complexity index is 364. The molecule has 2 unspecified atom stereocenters. The predicted octanol–water partition coefficient (Wildman–Crippen LogP) is 2.07. The largest absolute Gasteiger partial charge is 0.496 e. The minimum Gasteiger partial charge on any atom is -0.496 e. The van der Waals surface area contributed by atoms with Gasteiger partial charge in [-0.1, -0.05) is 15.9 Å². The Labute approximate surface area is 104 Å². The molecule has 1 aromatic rings. The van der Waals surface area contributed by atoms with Gasteiger partial charge in [0.05, 0.1) is 7.11 Å². The Morgan fingerprint density at radius 3 is 3.00 bits per heavy atom. The first-order valence-electron chi connectivity index (χ1n) is 5.52. The van der Waals surface area contributed by atoms with Crippen molar-refractivity contribution in [2.75, 3.05) is 20.2 Å². The molecule has 1 fully saturated rings. The molecule has 1 aliphatic heterocycles. The molecule has 1 heterocycles. The van der Waals surface area contributed by atoms with Gasteiger partial charge in [0, 0.05) is 16.1 Å². The molecule has 3 N–H and O–H groups in total. The van der Waals surface area contributed by atoms with Gasteiger partial charge in [-0.15, -0.1) is 0 Å². The minimum atomic E-state index is 0.0439. The van der Waals surface area contributed by atoms with E-state index in [0.29, 0.717) is 5.92 Å². The predicted molar refractivity (Wildman–Crippen MR) is 68.6 cm³/mol. The summed E-state index contributed by atoms with van der Waals surface area (Å²) < 4.78 is 6.41. The zero-order chi connectivity index (χ0) is 11.5. The van der Waals surface area contributed by atoms with Gasteiger partial charge >= 0.3 is 0 Å². The van der Waals surface area contributed by atoms with Crippen molar-refractivity contribution in [3.05, 3.63) is 28.2 Å². The fourth-order valence-electron chi connectivity index (χ4n) is 2.20. The molecule has 88 valence electrons. The van der Waals surface area contributed by atoms with Crippen molar-refractivity contribution in [1.82, 2.24) is 5.32 Å². The topological polar surface area (TPSA) is 47.3 Å². The molecule has 2 atom stereocenters. The number of nitrogens with two attached hydrogens (primary N) is 1. The van der Waals surface area contributed by atoms with Crippen molar-refractivity contribution < 1.29 is 4.74 Å². The highest BCUT2D eigenvalue weighted by molar-refractivity contribution is 9.10. The lowest BCUT2D eigenvalue weighted by molar-refractivity contribution is 0.390. The summed E-state index contributed by atoms with van der Waals surface area (Å²) in [4.78, 5) is 0. The lowest BCUT2D eigenvalue weighted by Crippen LogP contribution is -2.24. The maximum Gasteiger partial charge on any atom is 0.123 e. The second-order valence-corrected chi connectivity index (χ2v) is 5.08. The molecule has 0 bridgehead atoms. The highest BCUT2D eigenvalue weighted by atomic mass is 79.9. The first-order valence-corrected chi connectivity index (χ1v) is 6.31. The number of rotatable bonds is 3. The molecule has 0 radical (unpaired) electrons. The van der Waals surface area contributed by atoms with Crippen LogP contribution in [-0.4, -0.2) is 20.2 Å². The number of hydrogen-bond acceptors (Lipinski definition) is 3. The Morgan fingerprint density at radius 1 is 1.56 bits per heavy atom. The van der Waals surface area contributed by atoms with E-state index in [1.54, 1.807) is 7.11 Å². The summed E-state index contributed by atoms with van der Waals surface area (Å²) in [5, 5.41) is 3.34. The van der Waals surface area contributed by atoms with Crippen molar-refractivity contribution in [3.63, 3.8) is 0 Å². The van der Waals surface area contributed by atoms with Gasteiger partial charge in [0.2, 0.25) is 0 Å². The van der Waals surface area contributed by atoms with Crippen LogP contribution in [0.3, 0.4) is 0 Å². The fraction of sp³-hybridized carbons (Fsp3) is 0.500. The SMILES string of the molecule is COc1ccc(Br)cc1C(N)C1CCNC1. The summed E-state index contributed by atoms with van der Waals surface area (Å²) in [5.41, 5.74) is 7.39. The third-order valence-corrected chi connectivity index (χ3v) is 3.65. The van der Waals surface area contributed by atoms with Gasteiger partial charge in [-0.2, -0.15) is 0 Å². The molecule has 1 saturated heterocycles. The van der Waals surface area contributed by atoms with Crippen LogP contribution in [0.15, 0.2) is 22.7 Å². The van der Waals surface area contributed by atoms with Crippen molar-refractivity contribution >= 4 is 15.9 Å². The van der Waals surface area contributed by atoms with Crippen LogP contribution in [0.2, 0.25) is 0 Å². The van der Waals surface area contributed by atoms with E-state index >= 15 is 0 Å². The van der Waals surface area contributed by atoms with Crippen LogP contribution in [-0.2, 0) is 0 Å². The average molecular weight is 285 g/mol. The summed E-state index contributed by atoms with van der Waals surface area (Å²) >= 11 is 3.48. The number of methoxy groups -OCH3 is 1. The number of halogens is 1. The Balaban J connectivity index is 2.26. The van der Waals surface area contributed by atoms with Gasteiger partial charge < -0.3 is 15.8 Å². The molecule has 0 saturated carbocycles. The standard InChI is InChI=1S/C12H17BrN2O/c1-16-11-3-2-9(13)6-10(11)12(14)8-4-5-15-7-8/h2-3,6,8,12,15H,4-5,7,14H2,1H3. The van der Waals surface area contributed by atoms with Gasteiger partial charge in [-0.05, 0) is 43.6 Å². The first kappa shape index (κ1) is 11.9. The summed E-state index contributed by atoms with van der Waals surface area (Å²) in [5.74, 6) is 1.38. The number of hydrogen-bond donors (Lipinski definition) is 2. The van der Waals surface area contributed by atoms with E-state index in [1.165, 1.54) is 0 Å². The Morgan fingerprint density at radius 2 is 2.38 bits per heavy atom. The van der Waals surface area contributed by atoms with Gasteiger partial charge in [0.15, 0.2) is 0 Å². The molecule has 16 heavy (non-hydrogen) atoms. The number of nitrogens with one attached hydrogen (secondary N) is 1. The number of benzene rings is 1. The van der Waals surface area contributed by atoms with Crippen LogP contribution < -0.4 is 15.8 Å². The van der Waals surface area contributed by atoms with Gasteiger partial charge in [-0.25, -0.2) is 0 Å². The molecule has 1 aliphatic rings. The van der Waals surface area contributed by atoms with Gasteiger partial charge in [-0.3, -0.25) is 0 Å². The summed E-state index contributed by atoms with van der Waals surface area (Å²) in [7, 11) is 1.69. The highest BCUT2D eigenvalue weighted by Crippen LogP contribution is 2.33. The molecule has 0 amide bonds. The van der Waals surface area contributed by atoms with E-state index in [4.69, 9.17) is 10.5 Å². The van der Waals surface area contributed by atoms with E-state index in [1.807, 2.05) is 12.1 Å². The molecule has 0 spiro atoms. The zero-order valence-corrected chi connectivity index (χ0v) is 11.0. The third kappa shape index (κ3) is 2.39. The molecule has 3 nitrogen and oxygen atoms in total. The van der Waals surface area contributed by atoms with Crippen LogP contribution in [0.5, 0.6) is 5.75 Å². The summed E-state index contributed by atoms with van der Waals surface area (Å²) in [6.45, 7) is 2.06. The van der Waals surface area contributed by atoms with E-state index < -0.39 is 0 Å². The Kier molecular flexibility index (Phi) is 3.84. The Hall–Kier alpha value is -0.580. The summed E-state index contributed by atoms with van der Waals surface area (Å²) in [6, 6.07) is 6.04. The number of ether oxygens (including phenoxy) is 1. The van der Waals surface area contributed by atoms with Crippen molar-refractivity contribution in [2.45, 2.75) is 12.5 Å². The smallest absolute Gasteiger partial charge is 0.123 e. The van der Waals surface area contributed by atoms with E-state index in [0.717, 1.165) is 35.3 Å². The molecule has 4 heteroatoms. The van der Waals surface area contributed by atoms with Crippen LogP contribution in [0, 0.1) is 5.92 Å². The van der Waals surface area contributed by atoms with E-state index in [-0.39, 0.29) is 6.04 Å². The maximum atomic E-state index is 6.30. The van der Waals surface area contributed by atoms with Gasteiger partial charge in [0.1, 0.15) is 5.75 Å². The monoisotopic (exact) mass is 284 g/mol.